The molecule has 3 aliphatic rings. The van der Waals surface area contributed by atoms with Crippen molar-refractivity contribution in [3.05, 3.63) is 76.5 Å². The maximum absolute atomic E-state index is 14.2. The maximum Gasteiger partial charge on any atom is 0.335 e. The molecule has 2 aliphatic heterocycles. The minimum Gasteiger partial charge on any atom is -0.478 e. The van der Waals surface area contributed by atoms with Crippen LogP contribution in [-0.2, 0) is 9.53 Å². The summed E-state index contributed by atoms with van der Waals surface area (Å²) in [6.45, 7) is 2.80. The largest absolute Gasteiger partial charge is 0.478 e. The second-order valence-electron chi connectivity index (χ2n) is 10.8. The Bertz CT molecular complexity index is 1490. The minimum atomic E-state index is -1.52. The SMILES string of the molecule is COCC1=C(C(=O)O)[C@H](c2ccc(F)c(F)c2)N(C(=O)N[C@H]2CC[C@H](N3CCN(c4ccccc4C#N)CC3)C2)C(=O)N1. The van der Waals surface area contributed by atoms with Gasteiger partial charge in [-0.2, -0.15) is 5.26 Å². The Labute approximate surface area is 247 Å². The third-order valence-electron chi connectivity index (χ3n) is 8.26. The number of para-hydroxylation sites is 1. The maximum atomic E-state index is 14.2. The number of amides is 4. The van der Waals surface area contributed by atoms with Gasteiger partial charge in [-0.1, -0.05) is 18.2 Å². The van der Waals surface area contributed by atoms with Gasteiger partial charge in [0.25, 0.3) is 0 Å². The van der Waals surface area contributed by atoms with Gasteiger partial charge >= 0.3 is 18.0 Å². The molecule has 1 saturated carbocycles. The van der Waals surface area contributed by atoms with Crippen molar-refractivity contribution in [2.75, 3.05) is 44.8 Å². The van der Waals surface area contributed by atoms with Crippen LogP contribution < -0.4 is 15.5 Å². The predicted molar refractivity (Wildman–Crippen MR) is 151 cm³/mol. The number of carboxylic acids is 1. The van der Waals surface area contributed by atoms with Gasteiger partial charge in [-0.15, -0.1) is 0 Å². The van der Waals surface area contributed by atoms with Gasteiger partial charge in [-0.25, -0.2) is 28.1 Å². The molecule has 0 bridgehead atoms. The topological polar surface area (TPSA) is 138 Å². The van der Waals surface area contributed by atoms with Crippen molar-refractivity contribution in [1.29, 1.82) is 5.26 Å². The van der Waals surface area contributed by atoms with Gasteiger partial charge in [0.05, 0.1) is 29.1 Å². The molecule has 3 atom stereocenters. The van der Waals surface area contributed by atoms with Gasteiger partial charge < -0.3 is 25.4 Å². The average molecular weight is 595 g/mol. The Morgan fingerprint density at radius 2 is 1.86 bits per heavy atom. The van der Waals surface area contributed by atoms with Crippen LogP contribution in [0, 0.1) is 23.0 Å². The number of methoxy groups -OCH3 is 1. The molecule has 13 heteroatoms. The number of anilines is 1. The van der Waals surface area contributed by atoms with E-state index < -0.39 is 35.7 Å². The number of carbonyl (C=O) groups excluding carboxylic acids is 2. The number of carbonyl (C=O) groups is 3. The number of carboxylic acid groups (broad SMARTS) is 1. The Balaban J connectivity index is 1.29. The summed E-state index contributed by atoms with van der Waals surface area (Å²) in [6, 6.07) is 9.15. The van der Waals surface area contributed by atoms with Crippen LogP contribution in [0.25, 0.3) is 0 Å². The van der Waals surface area contributed by atoms with E-state index in [-0.39, 0.29) is 35.5 Å². The van der Waals surface area contributed by atoms with Crippen molar-refractivity contribution in [2.24, 2.45) is 0 Å². The lowest BCUT2D eigenvalue weighted by Crippen LogP contribution is -2.56. The molecule has 1 saturated heterocycles. The van der Waals surface area contributed by atoms with Crippen LogP contribution in [0.3, 0.4) is 0 Å². The highest BCUT2D eigenvalue weighted by atomic mass is 19.2. The van der Waals surface area contributed by atoms with Crippen LogP contribution in [0.4, 0.5) is 24.1 Å². The van der Waals surface area contributed by atoms with E-state index in [2.05, 4.69) is 26.5 Å². The first kappa shape index (κ1) is 29.9. The molecule has 1 aliphatic carbocycles. The molecule has 0 radical (unpaired) electrons. The first-order chi connectivity index (χ1) is 20.7. The summed E-state index contributed by atoms with van der Waals surface area (Å²) < 4.78 is 33.0. The molecule has 5 rings (SSSR count). The lowest BCUT2D eigenvalue weighted by molar-refractivity contribution is -0.133. The zero-order chi connectivity index (χ0) is 30.7. The Kier molecular flexibility index (Phi) is 8.89. The molecular formula is C30H32F2N6O5. The lowest BCUT2D eigenvalue weighted by atomic mass is 9.93. The fraction of sp³-hybridized carbons (Fsp3) is 0.400. The molecule has 43 heavy (non-hydrogen) atoms. The van der Waals surface area contributed by atoms with Crippen LogP contribution in [0.15, 0.2) is 53.7 Å². The van der Waals surface area contributed by atoms with E-state index in [4.69, 9.17) is 4.74 Å². The molecule has 2 fully saturated rings. The van der Waals surface area contributed by atoms with Crippen molar-refractivity contribution in [2.45, 2.75) is 37.4 Å². The van der Waals surface area contributed by atoms with Gasteiger partial charge in [-0.05, 0) is 49.1 Å². The number of hydrogen-bond donors (Lipinski definition) is 3. The fourth-order valence-electron chi connectivity index (χ4n) is 6.22. The minimum absolute atomic E-state index is 0.0740. The smallest absolute Gasteiger partial charge is 0.335 e. The number of nitriles is 1. The Morgan fingerprint density at radius 3 is 2.53 bits per heavy atom. The Hall–Kier alpha value is -4.54. The molecule has 226 valence electrons. The van der Waals surface area contributed by atoms with Crippen molar-refractivity contribution in [3.63, 3.8) is 0 Å². The highest BCUT2D eigenvalue weighted by Crippen LogP contribution is 2.35. The van der Waals surface area contributed by atoms with Crippen molar-refractivity contribution in [1.82, 2.24) is 20.4 Å². The lowest BCUT2D eigenvalue weighted by Gasteiger charge is -2.39. The van der Waals surface area contributed by atoms with Gasteiger partial charge in [0.2, 0.25) is 0 Å². The molecule has 2 heterocycles. The number of rotatable bonds is 7. The normalized spacial score (nSPS) is 22.7. The number of imide groups is 1. The fourth-order valence-corrected chi connectivity index (χ4v) is 6.22. The first-order valence-electron chi connectivity index (χ1n) is 14.0. The van der Waals surface area contributed by atoms with E-state index in [1.54, 1.807) is 6.07 Å². The molecule has 2 aromatic carbocycles. The summed E-state index contributed by atoms with van der Waals surface area (Å²) in [6.07, 6.45) is 2.09. The molecule has 0 aromatic heterocycles. The third kappa shape index (κ3) is 6.16. The number of halogens is 2. The van der Waals surface area contributed by atoms with Crippen LogP contribution in [0.1, 0.15) is 36.4 Å². The molecule has 0 spiro atoms. The standard InChI is InChI=1S/C30H32F2N6O5/c1-43-17-24-26(28(39)40)27(18-6-9-22(31)23(32)14-18)38(30(42)35-24)29(41)34-20-7-8-21(15-20)36-10-12-37(13-11-36)25-5-3-2-4-19(25)16-33/h2-6,9,14,20-21,27H,7-8,10-13,15,17H2,1H3,(H,34,41)(H,35,42)(H,39,40)/t20-,21-,27-/m0/s1. The highest BCUT2D eigenvalue weighted by Gasteiger charge is 2.44. The number of ether oxygens (including phenoxy) is 1. The molecule has 4 amide bonds. The zero-order valence-electron chi connectivity index (χ0n) is 23.6. The van der Waals surface area contributed by atoms with E-state index in [1.807, 2.05) is 18.2 Å². The summed E-state index contributed by atoms with van der Waals surface area (Å²) >= 11 is 0. The monoisotopic (exact) mass is 594 g/mol. The number of piperazine rings is 1. The van der Waals surface area contributed by atoms with Gasteiger partial charge in [0.1, 0.15) is 12.1 Å². The van der Waals surface area contributed by atoms with Crippen LogP contribution in [0.2, 0.25) is 0 Å². The molecule has 2 aromatic rings. The number of hydrogen-bond acceptors (Lipinski definition) is 7. The number of urea groups is 2. The third-order valence-corrected chi connectivity index (χ3v) is 8.26. The second-order valence-corrected chi connectivity index (χ2v) is 10.8. The summed E-state index contributed by atoms with van der Waals surface area (Å²) in [5, 5.41) is 24.8. The first-order valence-corrected chi connectivity index (χ1v) is 14.0. The van der Waals surface area contributed by atoms with Gasteiger partial charge in [0.15, 0.2) is 11.6 Å². The average Bonchev–Trinajstić information content (AvgIpc) is 3.46. The summed E-state index contributed by atoms with van der Waals surface area (Å²) in [4.78, 5) is 44.3. The van der Waals surface area contributed by atoms with E-state index >= 15 is 0 Å². The van der Waals surface area contributed by atoms with E-state index in [1.165, 1.54) is 7.11 Å². The summed E-state index contributed by atoms with van der Waals surface area (Å²) in [5.74, 6) is -3.83. The quantitative estimate of drug-likeness (QED) is 0.444. The van der Waals surface area contributed by atoms with Gasteiger partial charge in [0, 0.05) is 45.4 Å². The predicted octanol–water partition coefficient (Wildman–Crippen LogP) is 3.34. The van der Waals surface area contributed by atoms with Crippen molar-refractivity contribution in [3.8, 4) is 6.07 Å². The van der Waals surface area contributed by atoms with Gasteiger partial charge in [-0.3, -0.25) is 4.90 Å². The molecular weight excluding hydrogens is 562 g/mol. The van der Waals surface area contributed by atoms with Crippen LogP contribution in [-0.4, -0.2) is 84.9 Å². The Morgan fingerprint density at radius 1 is 1.12 bits per heavy atom. The van der Waals surface area contributed by atoms with E-state index in [9.17, 15) is 33.5 Å². The van der Waals surface area contributed by atoms with Crippen LogP contribution in [0.5, 0.6) is 0 Å². The highest BCUT2D eigenvalue weighted by molar-refractivity contribution is 6.01. The number of aliphatic carboxylic acids is 1. The van der Waals surface area contributed by atoms with E-state index in [0.717, 1.165) is 56.5 Å². The number of nitrogens with one attached hydrogen (secondary N) is 2. The van der Waals surface area contributed by atoms with Crippen molar-refractivity contribution >= 4 is 23.7 Å². The second kappa shape index (κ2) is 12.8. The van der Waals surface area contributed by atoms with Crippen LogP contribution >= 0.6 is 0 Å². The van der Waals surface area contributed by atoms with Crippen molar-refractivity contribution < 1.29 is 33.0 Å². The summed E-state index contributed by atoms with van der Waals surface area (Å²) in [7, 11) is 1.31. The molecule has 0 unspecified atom stereocenters. The zero-order valence-corrected chi connectivity index (χ0v) is 23.6. The number of benzene rings is 2. The molecule has 3 N–H and O–H groups in total. The summed E-state index contributed by atoms with van der Waals surface area (Å²) in [5.41, 5.74) is 1.01. The van der Waals surface area contributed by atoms with E-state index in [0.29, 0.717) is 23.3 Å². The molecule has 11 nitrogen and oxygen atoms in total. The number of nitrogens with zero attached hydrogens (tertiary/aromatic N) is 4.